The Morgan fingerprint density at radius 1 is 1.19 bits per heavy atom. The Balaban J connectivity index is 1.38. The topological polar surface area (TPSA) is 67.4 Å². The van der Waals surface area contributed by atoms with E-state index < -0.39 is 5.60 Å². The average molecular weight is 525 g/mol. The lowest BCUT2D eigenvalue weighted by Crippen LogP contribution is -2.47. The highest BCUT2D eigenvalue weighted by Gasteiger charge is 2.48. The number of anilines is 1. The number of hydrogen-bond donors (Lipinski definition) is 1. The number of ether oxygens (including phenoxy) is 1. The molecule has 1 saturated heterocycles. The summed E-state index contributed by atoms with van der Waals surface area (Å²) >= 11 is 1.83. The van der Waals surface area contributed by atoms with Crippen molar-refractivity contribution in [1.82, 2.24) is 15.3 Å². The van der Waals surface area contributed by atoms with Crippen molar-refractivity contribution in [3.05, 3.63) is 47.8 Å². The SMILES string of the molecule is CCCCC(CC)CSc1cnc(N2CCC3(CC2)Cc2ccccc2[C@H]3NC(=O)OC(C)(C)C)cn1. The molecule has 4 rings (SSSR count). The zero-order valence-corrected chi connectivity index (χ0v) is 24.1. The quantitative estimate of drug-likeness (QED) is 0.350. The van der Waals surface area contributed by atoms with Gasteiger partial charge in [0.15, 0.2) is 0 Å². The molecular weight excluding hydrogens is 480 g/mol. The van der Waals surface area contributed by atoms with E-state index in [2.05, 4.69) is 48.3 Å². The fourth-order valence-electron chi connectivity index (χ4n) is 5.74. The van der Waals surface area contributed by atoms with Crippen molar-refractivity contribution in [2.75, 3.05) is 23.7 Å². The second kappa shape index (κ2) is 12.1. The first-order valence-electron chi connectivity index (χ1n) is 14.0. The average Bonchev–Trinajstić information content (AvgIpc) is 3.16. The van der Waals surface area contributed by atoms with Crippen LogP contribution in [0.2, 0.25) is 0 Å². The Morgan fingerprint density at radius 3 is 2.59 bits per heavy atom. The number of amides is 1. The van der Waals surface area contributed by atoms with Gasteiger partial charge in [0.2, 0.25) is 0 Å². The van der Waals surface area contributed by atoms with Gasteiger partial charge >= 0.3 is 6.09 Å². The van der Waals surface area contributed by atoms with Crippen LogP contribution >= 0.6 is 11.8 Å². The van der Waals surface area contributed by atoms with Gasteiger partial charge in [0.05, 0.1) is 18.4 Å². The van der Waals surface area contributed by atoms with Crippen molar-refractivity contribution >= 4 is 23.7 Å². The standard InChI is InChI=1S/C30H44N4O2S/c1-6-8-11-22(7-2)21-37-26-20-31-25(19-32-26)34-16-14-30(15-17-34)18-23-12-9-10-13-24(23)27(30)33-28(35)36-29(3,4)5/h9-10,12-13,19-20,22,27H,6-8,11,14-18,21H2,1-5H3,(H,33,35)/t22?,27-/m1/s1. The molecule has 2 aromatic rings. The number of thioether (sulfide) groups is 1. The summed E-state index contributed by atoms with van der Waals surface area (Å²) in [6, 6.07) is 8.49. The Labute approximate surface area is 227 Å². The van der Waals surface area contributed by atoms with Gasteiger partial charge in [-0.15, -0.1) is 11.8 Å². The van der Waals surface area contributed by atoms with Crippen molar-refractivity contribution in [2.45, 2.75) is 96.2 Å². The number of fused-ring (bicyclic) bond motifs is 1. The molecule has 2 aliphatic rings. The molecule has 6 nitrogen and oxygen atoms in total. The number of hydrogen-bond acceptors (Lipinski definition) is 6. The first kappa shape index (κ1) is 27.7. The fourth-order valence-corrected chi connectivity index (χ4v) is 6.80. The summed E-state index contributed by atoms with van der Waals surface area (Å²) in [4.78, 5) is 24.6. The van der Waals surface area contributed by atoms with Gasteiger partial charge in [-0.3, -0.25) is 0 Å². The van der Waals surface area contributed by atoms with E-state index >= 15 is 0 Å². The highest BCUT2D eigenvalue weighted by atomic mass is 32.2. The summed E-state index contributed by atoms with van der Waals surface area (Å²) in [7, 11) is 0. The monoisotopic (exact) mass is 524 g/mol. The molecule has 1 aliphatic heterocycles. The molecule has 1 spiro atoms. The Bertz CT molecular complexity index is 1030. The van der Waals surface area contributed by atoms with Crippen LogP contribution in [0.1, 0.15) is 90.3 Å². The molecule has 2 atom stereocenters. The number of benzene rings is 1. The maximum atomic E-state index is 12.8. The van der Waals surface area contributed by atoms with Gasteiger partial charge < -0.3 is 15.0 Å². The van der Waals surface area contributed by atoms with Gasteiger partial charge in [0.25, 0.3) is 0 Å². The second-order valence-electron chi connectivity index (χ2n) is 11.7. The number of aromatic nitrogens is 2. The highest BCUT2D eigenvalue weighted by molar-refractivity contribution is 7.99. The van der Waals surface area contributed by atoms with Crippen LogP contribution in [-0.4, -0.2) is 40.5 Å². The molecule has 1 fully saturated rings. The molecule has 202 valence electrons. The summed E-state index contributed by atoms with van der Waals surface area (Å²) < 4.78 is 5.63. The fraction of sp³-hybridized carbons (Fsp3) is 0.633. The van der Waals surface area contributed by atoms with Crippen LogP contribution in [-0.2, 0) is 11.2 Å². The van der Waals surface area contributed by atoms with E-state index in [9.17, 15) is 4.79 Å². The second-order valence-corrected chi connectivity index (χ2v) is 12.8. The lowest BCUT2D eigenvalue weighted by molar-refractivity contribution is 0.0428. The van der Waals surface area contributed by atoms with Crippen molar-refractivity contribution < 1.29 is 9.53 Å². The van der Waals surface area contributed by atoms with Crippen LogP contribution in [0.3, 0.4) is 0 Å². The van der Waals surface area contributed by atoms with E-state index in [-0.39, 0.29) is 17.6 Å². The highest BCUT2D eigenvalue weighted by Crippen LogP contribution is 2.52. The van der Waals surface area contributed by atoms with Crippen molar-refractivity contribution in [3.8, 4) is 0 Å². The van der Waals surface area contributed by atoms with Crippen molar-refractivity contribution in [2.24, 2.45) is 11.3 Å². The van der Waals surface area contributed by atoms with Crippen LogP contribution in [0, 0.1) is 11.3 Å². The molecular formula is C30H44N4O2S. The van der Waals surface area contributed by atoms with Gasteiger partial charge in [-0.1, -0.05) is 57.4 Å². The largest absolute Gasteiger partial charge is 0.444 e. The van der Waals surface area contributed by atoms with Gasteiger partial charge in [-0.25, -0.2) is 14.8 Å². The van der Waals surface area contributed by atoms with Gasteiger partial charge in [-0.05, 0) is 63.5 Å². The minimum atomic E-state index is -0.519. The third-order valence-electron chi connectivity index (χ3n) is 7.89. The summed E-state index contributed by atoms with van der Waals surface area (Å²) in [5.74, 6) is 2.82. The van der Waals surface area contributed by atoms with E-state index in [0.29, 0.717) is 0 Å². The number of carbonyl (C=O) groups is 1. The van der Waals surface area contributed by atoms with E-state index in [1.54, 1.807) is 0 Å². The predicted molar refractivity (Wildman–Crippen MR) is 152 cm³/mol. The summed E-state index contributed by atoms with van der Waals surface area (Å²) in [5, 5.41) is 4.26. The normalized spacial score (nSPS) is 19.5. The third kappa shape index (κ3) is 6.98. The molecule has 1 aromatic carbocycles. The van der Waals surface area contributed by atoms with Crippen LogP contribution < -0.4 is 10.2 Å². The molecule has 1 amide bonds. The molecule has 1 N–H and O–H groups in total. The number of piperidine rings is 1. The van der Waals surface area contributed by atoms with Crippen molar-refractivity contribution in [3.63, 3.8) is 0 Å². The Hall–Kier alpha value is -2.28. The predicted octanol–water partition coefficient (Wildman–Crippen LogP) is 7.19. The molecule has 1 aromatic heterocycles. The van der Waals surface area contributed by atoms with Crippen LogP contribution in [0.5, 0.6) is 0 Å². The molecule has 2 heterocycles. The maximum Gasteiger partial charge on any atom is 0.408 e. The minimum Gasteiger partial charge on any atom is -0.444 e. The molecule has 7 heteroatoms. The van der Waals surface area contributed by atoms with Gasteiger partial charge in [-0.2, -0.15) is 0 Å². The van der Waals surface area contributed by atoms with Crippen LogP contribution in [0.15, 0.2) is 41.7 Å². The van der Waals surface area contributed by atoms with Gasteiger partial charge in [0.1, 0.15) is 16.4 Å². The lowest BCUT2D eigenvalue weighted by Gasteiger charge is -2.43. The summed E-state index contributed by atoms with van der Waals surface area (Å²) in [6.07, 6.45) is 11.6. The molecule has 0 saturated carbocycles. The Kier molecular flexibility index (Phi) is 9.04. The van der Waals surface area contributed by atoms with E-state index in [0.717, 1.165) is 54.9 Å². The first-order chi connectivity index (χ1) is 17.7. The summed E-state index contributed by atoms with van der Waals surface area (Å²) in [5.41, 5.74) is 2.04. The lowest BCUT2D eigenvalue weighted by atomic mass is 9.72. The molecule has 1 unspecified atom stereocenters. The third-order valence-corrected chi connectivity index (χ3v) is 9.03. The van der Waals surface area contributed by atoms with E-state index in [1.807, 2.05) is 44.9 Å². The molecule has 0 bridgehead atoms. The van der Waals surface area contributed by atoms with E-state index in [1.165, 1.54) is 36.8 Å². The van der Waals surface area contributed by atoms with Crippen LogP contribution in [0.25, 0.3) is 0 Å². The maximum absolute atomic E-state index is 12.8. The molecule has 37 heavy (non-hydrogen) atoms. The van der Waals surface area contributed by atoms with Crippen LogP contribution in [0.4, 0.5) is 10.6 Å². The number of nitrogens with one attached hydrogen (secondary N) is 1. The Morgan fingerprint density at radius 2 is 1.95 bits per heavy atom. The number of carbonyl (C=O) groups excluding carboxylic acids is 1. The van der Waals surface area contributed by atoms with Gasteiger partial charge in [0, 0.05) is 24.3 Å². The first-order valence-corrected chi connectivity index (χ1v) is 15.0. The molecule has 1 aliphatic carbocycles. The zero-order chi connectivity index (χ0) is 26.5. The zero-order valence-electron chi connectivity index (χ0n) is 23.3. The number of unbranched alkanes of at least 4 members (excludes halogenated alkanes) is 1. The number of alkyl carbamates (subject to hydrolysis) is 1. The number of nitrogens with zero attached hydrogens (tertiary/aromatic N) is 3. The van der Waals surface area contributed by atoms with E-state index in [4.69, 9.17) is 14.7 Å². The smallest absolute Gasteiger partial charge is 0.408 e. The number of rotatable bonds is 9. The molecule has 0 radical (unpaired) electrons. The minimum absolute atomic E-state index is 0.00599. The van der Waals surface area contributed by atoms with Crippen molar-refractivity contribution in [1.29, 1.82) is 0 Å². The summed E-state index contributed by atoms with van der Waals surface area (Å²) in [6.45, 7) is 12.1.